The molecule has 0 rings (SSSR count). The number of aliphatic carboxylic acids is 1. The van der Waals surface area contributed by atoms with Gasteiger partial charge in [-0.3, -0.25) is 4.79 Å². The molecule has 4 unspecified atom stereocenters. The first-order chi connectivity index (χ1) is 10.7. The predicted octanol–water partition coefficient (Wildman–Crippen LogP) is 5.20. The van der Waals surface area contributed by atoms with Crippen molar-refractivity contribution in [2.45, 2.75) is 79.2 Å². The number of aliphatic hydroxyl groups is 1. The van der Waals surface area contributed by atoms with Crippen molar-refractivity contribution in [2.24, 2.45) is 17.8 Å². The zero-order chi connectivity index (χ0) is 17.8. The Labute approximate surface area is 142 Å². The number of carbonyl (C=O) groups is 1. The van der Waals surface area contributed by atoms with E-state index in [1.807, 2.05) is 6.08 Å². The number of rotatable bonds is 12. The minimum atomic E-state index is -0.946. The maximum absolute atomic E-state index is 10.5. The average Bonchev–Trinajstić information content (AvgIpc) is 2.42. The summed E-state index contributed by atoms with van der Waals surface area (Å²) in [6, 6.07) is 0. The molecule has 3 heteroatoms. The quantitative estimate of drug-likeness (QED) is 0.485. The number of aliphatic hydroxyl groups excluding tert-OH is 1. The monoisotopic (exact) mass is 324 g/mol. The number of carboxylic acids is 1. The Morgan fingerprint density at radius 2 is 1.78 bits per heavy atom. The molecule has 23 heavy (non-hydrogen) atoms. The second-order valence-corrected chi connectivity index (χ2v) is 7.21. The van der Waals surface area contributed by atoms with Crippen molar-refractivity contribution in [3.8, 4) is 0 Å². The summed E-state index contributed by atoms with van der Waals surface area (Å²) in [5, 5.41) is 18.1. The van der Waals surface area contributed by atoms with Crippen molar-refractivity contribution in [2.75, 3.05) is 0 Å². The second kappa shape index (κ2) is 12.3. The molecule has 0 fully saturated rings. The fraction of sp³-hybridized carbons (Fsp3) is 0.750. The second-order valence-electron chi connectivity index (χ2n) is 7.21. The van der Waals surface area contributed by atoms with Crippen LogP contribution >= 0.6 is 0 Å². The van der Waals surface area contributed by atoms with Gasteiger partial charge in [0.25, 0.3) is 0 Å². The van der Waals surface area contributed by atoms with Crippen molar-refractivity contribution >= 4 is 5.97 Å². The Morgan fingerprint density at radius 3 is 2.35 bits per heavy atom. The van der Waals surface area contributed by atoms with Crippen LogP contribution < -0.4 is 0 Å². The van der Waals surface area contributed by atoms with Crippen molar-refractivity contribution in [3.05, 3.63) is 23.8 Å². The van der Waals surface area contributed by atoms with Gasteiger partial charge in [-0.05, 0) is 50.4 Å². The SMILES string of the molecule is CCC(C)CC(C)CC(C)C=C(C)C=CCCC(O)CC(=O)O. The lowest BCUT2D eigenvalue weighted by Gasteiger charge is -2.18. The van der Waals surface area contributed by atoms with Gasteiger partial charge >= 0.3 is 5.97 Å². The average molecular weight is 325 g/mol. The Kier molecular flexibility index (Phi) is 11.8. The highest BCUT2D eigenvalue weighted by molar-refractivity contribution is 5.67. The summed E-state index contributed by atoms with van der Waals surface area (Å²) in [4.78, 5) is 10.5. The highest BCUT2D eigenvalue weighted by Crippen LogP contribution is 2.22. The third kappa shape index (κ3) is 13.1. The molecule has 134 valence electrons. The van der Waals surface area contributed by atoms with Crippen LogP contribution in [0.1, 0.15) is 73.1 Å². The fourth-order valence-corrected chi connectivity index (χ4v) is 3.02. The van der Waals surface area contributed by atoms with Crippen LogP contribution in [0, 0.1) is 17.8 Å². The van der Waals surface area contributed by atoms with E-state index in [2.05, 4.69) is 46.8 Å². The van der Waals surface area contributed by atoms with E-state index in [4.69, 9.17) is 5.11 Å². The van der Waals surface area contributed by atoms with E-state index in [9.17, 15) is 9.90 Å². The van der Waals surface area contributed by atoms with Gasteiger partial charge in [-0.25, -0.2) is 0 Å². The van der Waals surface area contributed by atoms with E-state index in [1.54, 1.807) is 0 Å². The molecule has 4 atom stereocenters. The number of hydrogen-bond acceptors (Lipinski definition) is 2. The first-order valence-electron chi connectivity index (χ1n) is 8.99. The molecule has 3 nitrogen and oxygen atoms in total. The van der Waals surface area contributed by atoms with Gasteiger partial charge in [0.05, 0.1) is 12.5 Å². The Balaban J connectivity index is 4.12. The fourth-order valence-electron chi connectivity index (χ4n) is 3.02. The summed E-state index contributed by atoms with van der Waals surface area (Å²) >= 11 is 0. The summed E-state index contributed by atoms with van der Waals surface area (Å²) in [5.74, 6) is 1.17. The minimum absolute atomic E-state index is 0.173. The van der Waals surface area contributed by atoms with E-state index in [-0.39, 0.29) is 6.42 Å². The molecular formula is C20H36O3. The Hall–Kier alpha value is -1.09. The van der Waals surface area contributed by atoms with E-state index in [1.165, 1.54) is 24.8 Å². The van der Waals surface area contributed by atoms with Crippen LogP contribution in [0.3, 0.4) is 0 Å². The third-order valence-corrected chi connectivity index (χ3v) is 4.28. The zero-order valence-corrected chi connectivity index (χ0v) is 15.6. The van der Waals surface area contributed by atoms with Gasteiger partial charge in [-0.1, -0.05) is 57.9 Å². The Bertz CT molecular complexity index is 384. The van der Waals surface area contributed by atoms with Gasteiger partial charge in [0, 0.05) is 0 Å². The number of allylic oxidation sites excluding steroid dienone is 4. The summed E-state index contributed by atoms with van der Waals surface area (Å²) < 4.78 is 0. The van der Waals surface area contributed by atoms with Crippen molar-refractivity contribution < 1.29 is 15.0 Å². The minimum Gasteiger partial charge on any atom is -0.481 e. The summed E-state index contributed by atoms with van der Waals surface area (Å²) in [6.45, 7) is 11.3. The molecule has 0 radical (unpaired) electrons. The van der Waals surface area contributed by atoms with Gasteiger partial charge < -0.3 is 10.2 Å². The smallest absolute Gasteiger partial charge is 0.305 e. The van der Waals surface area contributed by atoms with Gasteiger partial charge in [-0.15, -0.1) is 0 Å². The van der Waals surface area contributed by atoms with Gasteiger partial charge in [-0.2, -0.15) is 0 Å². The summed E-state index contributed by atoms with van der Waals surface area (Å²) in [7, 11) is 0. The molecule has 2 N–H and O–H groups in total. The molecule has 0 heterocycles. The molecule has 0 aromatic carbocycles. The standard InChI is InChI=1S/C20H36O3/c1-6-15(2)11-17(4)13-18(5)12-16(3)9-7-8-10-19(21)14-20(22)23/h7,9,12,15,17-19,21H,6,8,10-11,13-14H2,1-5H3,(H,22,23). The first-order valence-corrected chi connectivity index (χ1v) is 8.99. The zero-order valence-electron chi connectivity index (χ0n) is 15.6. The third-order valence-electron chi connectivity index (χ3n) is 4.28. The van der Waals surface area contributed by atoms with Gasteiger partial charge in [0.1, 0.15) is 0 Å². The molecule has 0 amide bonds. The normalized spacial score (nSPS) is 17.9. The highest BCUT2D eigenvalue weighted by atomic mass is 16.4. The van der Waals surface area contributed by atoms with Crippen LogP contribution in [0.4, 0.5) is 0 Å². The maximum Gasteiger partial charge on any atom is 0.305 e. The van der Waals surface area contributed by atoms with Crippen LogP contribution in [-0.2, 0) is 4.79 Å². The molecule has 0 aromatic heterocycles. The van der Waals surface area contributed by atoms with Crippen LogP contribution in [0.25, 0.3) is 0 Å². The van der Waals surface area contributed by atoms with E-state index >= 15 is 0 Å². The molecule has 0 spiro atoms. The van der Waals surface area contributed by atoms with Crippen LogP contribution in [0.5, 0.6) is 0 Å². The van der Waals surface area contributed by atoms with E-state index < -0.39 is 12.1 Å². The number of hydrogen-bond donors (Lipinski definition) is 2. The lowest BCUT2D eigenvalue weighted by atomic mass is 9.88. The number of carboxylic acid groups (broad SMARTS) is 1. The highest BCUT2D eigenvalue weighted by Gasteiger charge is 2.10. The van der Waals surface area contributed by atoms with Crippen molar-refractivity contribution in [1.82, 2.24) is 0 Å². The summed E-state index contributed by atoms with van der Waals surface area (Å²) in [6.07, 6.45) is 10.4. The molecular weight excluding hydrogens is 288 g/mol. The lowest BCUT2D eigenvalue weighted by Crippen LogP contribution is -2.12. The predicted molar refractivity (Wildman–Crippen MR) is 97.4 cm³/mol. The molecule has 0 aliphatic heterocycles. The van der Waals surface area contributed by atoms with Crippen molar-refractivity contribution in [1.29, 1.82) is 0 Å². The van der Waals surface area contributed by atoms with Gasteiger partial charge in [0.15, 0.2) is 0 Å². The van der Waals surface area contributed by atoms with Crippen molar-refractivity contribution in [3.63, 3.8) is 0 Å². The topological polar surface area (TPSA) is 57.5 Å². The lowest BCUT2D eigenvalue weighted by molar-refractivity contribution is -0.139. The van der Waals surface area contributed by atoms with Crippen LogP contribution in [-0.4, -0.2) is 22.3 Å². The van der Waals surface area contributed by atoms with Gasteiger partial charge in [0.2, 0.25) is 0 Å². The first kappa shape index (κ1) is 21.9. The molecule has 0 saturated heterocycles. The molecule has 0 saturated carbocycles. The van der Waals surface area contributed by atoms with Crippen LogP contribution in [0.15, 0.2) is 23.8 Å². The molecule has 0 bridgehead atoms. The Morgan fingerprint density at radius 1 is 1.13 bits per heavy atom. The summed E-state index contributed by atoms with van der Waals surface area (Å²) in [5.41, 5.74) is 1.24. The van der Waals surface area contributed by atoms with E-state index in [0.717, 1.165) is 11.8 Å². The van der Waals surface area contributed by atoms with Crippen LogP contribution in [0.2, 0.25) is 0 Å². The molecule has 0 aromatic rings. The largest absolute Gasteiger partial charge is 0.481 e. The molecule has 0 aliphatic carbocycles. The van der Waals surface area contributed by atoms with E-state index in [0.29, 0.717) is 18.8 Å². The molecule has 0 aliphatic rings. The maximum atomic E-state index is 10.5.